The Kier molecular flexibility index (Phi) is 10.7. The van der Waals surface area contributed by atoms with Crippen LogP contribution in [0.1, 0.15) is 35.1 Å². The Balaban J connectivity index is 1.73. The molecule has 0 amide bonds. The number of hydrogen-bond acceptors (Lipinski definition) is 7. The number of sulfone groups is 2. The lowest BCUT2D eigenvalue weighted by atomic mass is 9.77. The van der Waals surface area contributed by atoms with E-state index in [9.17, 15) is 31.2 Å². The quantitative estimate of drug-likeness (QED) is 0.112. The van der Waals surface area contributed by atoms with Gasteiger partial charge in [-0.25, -0.2) is 16.8 Å². The zero-order chi connectivity index (χ0) is 33.8. The Labute approximate surface area is 279 Å². The minimum absolute atomic E-state index is 0.00181. The highest BCUT2D eigenvalue weighted by Gasteiger charge is 2.58. The first kappa shape index (κ1) is 35.2. The summed E-state index contributed by atoms with van der Waals surface area (Å²) < 4.78 is 52.4. The van der Waals surface area contributed by atoms with Crippen LogP contribution in [0.15, 0.2) is 119 Å². The molecule has 0 aliphatic heterocycles. The molecule has 7 nitrogen and oxygen atoms in total. The number of benzene rings is 4. The van der Waals surface area contributed by atoms with Crippen molar-refractivity contribution in [2.24, 2.45) is 0 Å². The molecule has 0 N–H and O–H groups in total. The van der Waals surface area contributed by atoms with Gasteiger partial charge in [-0.2, -0.15) is 0 Å². The minimum Gasteiger partial charge on any atom is -0.297 e. The topological polar surface area (TPSA) is 119 Å². The summed E-state index contributed by atoms with van der Waals surface area (Å²) in [6.07, 6.45) is -1.34. The second kappa shape index (κ2) is 14.0. The normalized spacial score (nSPS) is 14.5. The summed E-state index contributed by atoms with van der Waals surface area (Å²) in [6.45, 7) is 3.61. The lowest BCUT2D eigenvalue weighted by Crippen LogP contribution is -2.52. The third kappa shape index (κ3) is 7.33. The third-order valence-electron chi connectivity index (χ3n) is 7.69. The summed E-state index contributed by atoms with van der Waals surface area (Å²) in [5.41, 5.74) is 1.67. The zero-order valence-corrected chi connectivity index (χ0v) is 28.3. The van der Waals surface area contributed by atoms with Crippen molar-refractivity contribution in [1.82, 2.24) is 0 Å². The number of rotatable bonds is 14. The molecule has 240 valence electrons. The summed E-state index contributed by atoms with van der Waals surface area (Å²) in [6, 6.07) is 27.2. The van der Waals surface area contributed by atoms with E-state index >= 15 is 0 Å². The number of alkyl halides is 2. The van der Waals surface area contributed by atoms with Crippen LogP contribution in [-0.2, 0) is 43.8 Å². The van der Waals surface area contributed by atoms with Crippen molar-refractivity contribution in [3.05, 3.63) is 131 Å². The zero-order valence-electron chi connectivity index (χ0n) is 25.2. The second-order valence-corrected chi connectivity index (χ2v) is 16.3. The smallest absolute Gasteiger partial charge is 0.198 e. The molecular weight excluding hydrogens is 667 g/mol. The van der Waals surface area contributed by atoms with E-state index in [2.05, 4.69) is 0 Å². The lowest BCUT2D eigenvalue weighted by molar-refractivity contribution is -0.136. The van der Waals surface area contributed by atoms with E-state index in [1.54, 1.807) is 50.2 Å². The predicted octanol–water partition coefficient (Wildman–Crippen LogP) is 6.31. The molecule has 0 saturated carbocycles. The monoisotopic (exact) mass is 698 g/mol. The second-order valence-electron chi connectivity index (χ2n) is 11.0. The van der Waals surface area contributed by atoms with E-state index < -0.39 is 71.1 Å². The van der Waals surface area contributed by atoms with Crippen molar-refractivity contribution in [2.45, 2.75) is 46.2 Å². The van der Waals surface area contributed by atoms with Crippen LogP contribution in [-0.4, -0.2) is 45.7 Å². The Morgan fingerprint density at radius 3 is 1.13 bits per heavy atom. The van der Waals surface area contributed by atoms with E-state index in [-0.39, 0.29) is 20.9 Å². The summed E-state index contributed by atoms with van der Waals surface area (Å²) in [5.74, 6) is -4.51. The van der Waals surface area contributed by atoms with Crippen LogP contribution in [0.25, 0.3) is 0 Å². The van der Waals surface area contributed by atoms with Crippen molar-refractivity contribution < 1.29 is 31.2 Å². The third-order valence-corrected chi connectivity index (χ3v) is 12.4. The summed E-state index contributed by atoms with van der Waals surface area (Å²) in [7, 11) is -7.91. The molecule has 4 rings (SSSR count). The number of carbonyl (C=O) groups excluding carboxylic acids is 3. The van der Waals surface area contributed by atoms with Crippen molar-refractivity contribution in [3.8, 4) is 0 Å². The van der Waals surface area contributed by atoms with Gasteiger partial charge in [-0.05, 0) is 49.2 Å². The predicted molar refractivity (Wildman–Crippen MR) is 179 cm³/mol. The van der Waals surface area contributed by atoms with Crippen LogP contribution in [0.4, 0.5) is 0 Å². The molecule has 0 fully saturated rings. The van der Waals surface area contributed by atoms with Crippen LogP contribution in [0.3, 0.4) is 0 Å². The SMILES string of the molecule is Cc1ccc(S(=O)(=O)CCC(=O)C(Cl)(C(=O)C(Cl)(C(=O)CCS(=O)(=O)c2ccc(C)cc2)c2ccccc2)c2ccccc2)cc1. The molecule has 0 aliphatic carbocycles. The molecule has 0 saturated heterocycles. The molecule has 0 aromatic heterocycles. The molecule has 11 heteroatoms. The number of halogens is 2. The van der Waals surface area contributed by atoms with Gasteiger partial charge in [0.25, 0.3) is 0 Å². The lowest BCUT2D eigenvalue weighted by Gasteiger charge is -2.34. The van der Waals surface area contributed by atoms with E-state index in [4.69, 9.17) is 23.2 Å². The highest BCUT2D eigenvalue weighted by molar-refractivity contribution is 7.91. The molecule has 0 radical (unpaired) electrons. The van der Waals surface area contributed by atoms with Gasteiger partial charge in [0.15, 0.2) is 46.8 Å². The van der Waals surface area contributed by atoms with Crippen LogP contribution in [0.2, 0.25) is 0 Å². The molecule has 0 heterocycles. The maximum atomic E-state index is 14.6. The highest BCUT2D eigenvalue weighted by Crippen LogP contribution is 2.44. The van der Waals surface area contributed by atoms with Gasteiger partial charge in [-0.15, -0.1) is 0 Å². The number of ketones is 3. The first-order valence-corrected chi connectivity index (χ1v) is 18.4. The fourth-order valence-electron chi connectivity index (χ4n) is 4.94. The van der Waals surface area contributed by atoms with Crippen molar-refractivity contribution >= 4 is 60.2 Å². The van der Waals surface area contributed by atoms with Gasteiger partial charge in [-0.1, -0.05) is 119 Å². The van der Waals surface area contributed by atoms with Crippen LogP contribution >= 0.6 is 23.2 Å². The maximum Gasteiger partial charge on any atom is 0.198 e. The molecule has 4 aromatic carbocycles. The Morgan fingerprint density at radius 2 is 0.826 bits per heavy atom. The van der Waals surface area contributed by atoms with Crippen molar-refractivity contribution in [1.29, 1.82) is 0 Å². The van der Waals surface area contributed by atoms with Gasteiger partial charge in [0, 0.05) is 12.8 Å². The number of carbonyl (C=O) groups is 3. The molecular formula is C35H32Cl2O7S2. The summed E-state index contributed by atoms with van der Waals surface area (Å²) in [5, 5.41) is 0. The maximum absolute atomic E-state index is 14.6. The highest BCUT2D eigenvalue weighted by atomic mass is 35.5. The number of Topliss-reactive ketones (excluding diaryl/α,β-unsaturated/α-hetero) is 3. The fourth-order valence-corrected chi connectivity index (χ4v) is 8.19. The first-order chi connectivity index (χ1) is 21.6. The minimum atomic E-state index is -3.96. The average molecular weight is 700 g/mol. The fraction of sp³-hybridized carbons (Fsp3) is 0.229. The Bertz CT molecular complexity index is 1800. The van der Waals surface area contributed by atoms with E-state index in [0.29, 0.717) is 0 Å². The van der Waals surface area contributed by atoms with Gasteiger partial charge in [-0.3, -0.25) is 14.4 Å². The largest absolute Gasteiger partial charge is 0.297 e. The molecule has 2 atom stereocenters. The van der Waals surface area contributed by atoms with Gasteiger partial charge >= 0.3 is 0 Å². The summed E-state index contributed by atoms with van der Waals surface area (Å²) in [4.78, 5) is 37.4. The standard InChI is InChI=1S/C35H32Cl2O7S2/c1-25-13-17-29(18-14-25)45(41,42)23-21-31(38)34(36,27-9-5-3-6-10-27)33(40)35(37,28-11-7-4-8-12-28)32(39)22-24-46(43,44)30-19-15-26(2)16-20-30/h3-20H,21-24H2,1-2H3. The molecule has 4 aromatic rings. The van der Waals surface area contributed by atoms with E-state index in [1.807, 2.05) is 0 Å². The molecule has 0 spiro atoms. The molecule has 2 unspecified atom stereocenters. The Hall–Kier alpha value is -3.63. The molecule has 0 aliphatic rings. The number of hydrogen-bond donors (Lipinski definition) is 0. The number of aryl methyl sites for hydroxylation is 2. The van der Waals surface area contributed by atoms with Crippen LogP contribution in [0, 0.1) is 13.8 Å². The molecule has 0 bridgehead atoms. The van der Waals surface area contributed by atoms with Crippen molar-refractivity contribution in [3.63, 3.8) is 0 Å². The summed E-state index contributed by atoms with van der Waals surface area (Å²) >= 11 is 14.0. The van der Waals surface area contributed by atoms with Gasteiger partial charge in [0.1, 0.15) is 0 Å². The molecule has 46 heavy (non-hydrogen) atoms. The Morgan fingerprint density at radius 1 is 0.522 bits per heavy atom. The van der Waals surface area contributed by atoms with E-state index in [0.717, 1.165) is 11.1 Å². The van der Waals surface area contributed by atoms with Crippen molar-refractivity contribution in [2.75, 3.05) is 11.5 Å². The van der Waals surface area contributed by atoms with Crippen LogP contribution < -0.4 is 0 Å². The van der Waals surface area contributed by atoms with Crippen LogP contribution in [0.5, 0.6) is 0 Å². The average Bonchev–Trinajstić information content (AvgIpc) is 3.06. The first-order valence-electron chi connectivity index (χ1n) is 14.3. The van der Waals surface area contributed by atoms with Gasteiger partial charge in [0.05, 0.1) is 21.3 Å². The van der Waals surface area contributed by atoms with Gasteiger partial charge in [0.2, 0.25) is 0 Å². The van der Waals surface area contributed by atoms with E-state index in [1.165, 1.54) is 72.8 Å². The van der Waals surface area contributed by atoms with Gasteiger partial charge < -0.3 is 0 Å².